The van der Waals surface area contributed by atoms with Crippen molar-refractivity contribution in [3.63, 3.8) is 0 Å². The van der Waals surface area contributed by atoms with Crippen molar-refractivity contribution in [2.24, 2.45) is 11.3 Å². The van der Waals surface area contributed by atoms with Crippen LogP contribution in [0.5, 0.6) is 0 Å². The Morgan fingerprint density at radius 2 is 2.00 bits per heavy atom. The quantitative estimate of drug-likeness (QED) is 0.667. The molecule has 2 heteroatoms. The molecule has 1 saturated heterocycles. The van der Waals surface area contributed by atoms with E-state index in [-0.39, 0.29) is 11.5 Å². The maximum absolute atomic E-state index is 11.9. The van der Waals surface area contributed by atoms with Crippen LogP contribution in [0.25, 0.3) is 0 Å². The molecule has 2 fully saturated rings. The van der Waals surface area contributed by atoms with Gasteiger partial charge in [0, 0.05) is 11.5 Å². The van der Waals surface area contributed by atoms with Crippen molar-refractivity contribution in [3.05, 3.63) is 0 Å². The topological polar surface area (TPSA) is 29.1 Å². The lowest BCUT2D eigenvalue weighted by Gasteiger charge is -2.29. The second-order valence-electron chi connectivity index (χ2n) is 5.51. The summed E-state index contributed by atoms with van der Waals surface area (Å²) in [6.45, 7) is 6.03. The molecule has 3 atom stereocenters. The maximum atomic E-state index is 11.9. The number of Topliss-reactive ketones (excluding diaryl/α,β-unsaturated/α-hetero) is 1. The zero-order valence-electron chi connectivity index (χ0n) is 8.76. The molecule has 13 heavy (non-hydrogen) atoms. The summed E-state index contributed by atoms with van der Waals surface area (Å²) in [5.41, 5.74) is -0.179. The van der Waals surface area contributed by atoms with Crippen molar-refractivity contribution < 1.29 is 4.79 Å². The molecule has 0 aromatic heterocycles. The molecular weight excluding hydrogens is 162 g/mol. The normalized spacial score (nSPS) is 38.2. The lowest BCUT2D eigenvalue weighted by Crippen LogP contribution is -2.43. The van der Waals surface area contributed by atoms with E-state index in [2.05, 4.69) is 5.32 Å². The number of fused-ring (bicyclic) bond motifs is 1. The van der Waals surface area contributed by atoms with Crippen molar-refractivity contribution in [2.45, 2.75) is 52.1 Å². The van der Waals surface area contributed by atoms with Crippen LogP contribution in [0.3, 0.4) is 0 Å². The Balaban J connectivity index is 1.99. The molecule has 0 aromatic rings. The third-order valence-corrected chi connectivity index (χ3v) is 3.43. The Hall–Kier alpha value is -0.370. The molecule has 2 aliphatic rings. The van der Waals surface area contributed by atoms with Gasteiger partial charge in [-0.15, -0.1) is 0 Å². The molecule has 1 N–H and O–H groups in total. The number of rotatable bonds is 1. The van der Waals surface area contributed by atoms with E-state index < -0.39 is 0 Å². The van der Waals surface area contributed by atoms with Crippen LogP contribution in [-0.4, -0.2) is 17.9 Å². The molecule has 1 aliphatic carbocycles. The molecule has 0 aromatic carbocycles. The lowest BCUT2D eigenvalue weighted by molar-refractivity contribution is -0.128. The highest BCUT2D eigenvalue weighted by Gasteiger charge is 2.44. The number of nitrogens with one attached hydrogen (secondary N) is 1. The third kappa shape index (κ3) is 1.52. The summed E-state index contributed by atoms with van der Waals surface area (Å²) in [5.74, 6) is 1.19. The molecule has 1 saturated carbocycles. The standard InChI is InChI=1S/C11H19NO/c1-11(2,3)10(13)9-6-7-4-5-8(7)12-9/h7-9,12H,4-6H2,1-3H3. The van der Waals surface area contributed by atoms with Gasteiger partial charge in [0.1, 0.15) is 0 Å². The fourth-order valence-corrected chi connectivity index (χ4v) is 2.41. The Bertz CT molecular complexity index is 217. The highest BCUT2D eigenvalue weighted by molar-refractivity contribution is 5.89. The Labute approximate surface area is 80.1 Å². The summed E-state index contributed by atoms with van der Waals surface area (Å²) < 4.78 is 0. The summed E-state index contributed by atoms with van der Waals surface area (Å²) in [6.07, 6.45) is 3.69. The first-order chi connectivity index (χ1) is 5.98. The lowest BCUT2D eigenvalue weighted by atomic mass is 9.79. The van der Waals surface area contributed by atoms with Crippen molar-refractivity contribution in [3.8, 4) is 0 Å². The van der Waals surface area contributed by atoms with Crippen LogP contribution in [0.4, 0.5) is 0 Å². The first kappa shape index (κ1) is 9.20. The van der Waals surface area contributed by atoms with E-state index in [0.717, 1.165) is 12.3 Å². The summed E-state index contributed by atoms with van der Waals surface area (Å²) in [6, 6.07) is 0.814. The predicted octanol–water partition coefficient (Wildman–Crippen LogP) is 1.74. The first-order valence-electron chi connectivity index (χ1n) is 5.29. The second kappa shape index (κ2) is 2.81. The van der Waals surface area contributed by atoms with Crippen LogP contribution in [0.2, 0.25) is 0 Å². The molecule has 0 radical (unpaired) electrons. The van der Waals surface area contributed by atoms with Crippen LogP contribution in [0.15, 0.2) is 0 Å². The van der Waals surface area contributed by atoms with Gasteiger partial charge in [0.15, 0.2) is 5.78 Å². The molecule has 0 spiro atoms. The van der Waals surface area contributed by atoms with Crippen molar-refractivity contribution >= 4 is 5.78 Å². The maximum Gasteiger partial charge on any atom is 0.155 e. The minimum atomic E-state index is -0.179. The molecule has 0 bridgehead atoms. The number of hydrogen-bond donors (Lipinski definition) is 1. The highest BCUT2D eigenvalue weighted by Crippen LogP contribution is 2.38. The van der Waals surface area contributed by atoms with Gasteiger partial charge < -0.3 is 5.32 Å². The van der Waals surface area contributed by atoms with E-state index in [0.29, 0.717) is 11.8 Å². The third-order valence-electron chi connectivity index (χ3n) is 3.43. The van der Waals surface area contributed by atoms with Crippen molar-refractivity contribution in [1.29, 1.82) is 0 Å². The smallest absolute Gasteiger partial charge is 0.155 e. The number of hydrogen-bond acceptors (Lipinski definition) is 2. The molecular formula is C11H19NO. The summed E-state index contributed by atoms with van der Waals surface area (Å²) in [5, 5.41) is 3.45. The van der Waals surface area contributed by atoms with E-state index in [9.17, 15) is 4.79 Å². The minimum absolute atomic E-state index is 0.150. The minimum Gasteiger partial charge on any atom is -0.304 e. The van der Waals surface area contributed by atoms with Gasteiger partial charge >= 0.3 is 0 Å². The molecule has 2 nitrogen and oxygen atoms in total. The summed E-state index contributed by atoms with van der Waals surface area (Å²) in [4.78, 5) is 11.9. The Kier molecular flexibility index (Phi) is 1.99. The molecule has 2 rings (SSSR count). The van der Waals surface area contributed by atoms with Crippen LogP contribution in [-0.2, 0) is 4.79 Å². The van der Waals surface area contributed by atoms with E-state index in [4.69, 9.17) is 0 Å². The average Bonchev–Trinajstić information content (AvgIpc) is 2.25. The Morgan fingerprint density at radius 1 is 1.31 bits per heavy atom. The van der Waals surface area contributed by atoms with Gasteiger partial charge in [-0.1, -0.05) is 20.8 Å². The molecule has 74 valence electrons. The zero-order valence-corrected chi connectivity index (χ0v) is 8.76. The molecule has 0 amide bonds. The van der Waals surface area contributed by atoms with E-state index in [1.165, 1.54) is 12.8 Å². The predicted molar refractivity (Wildman–Crippen MR) is 52.5 cm³/mol. The summed E-state index contributed by atoms with van der Waals surface area (Å²) in [7, 11) is 0. The highest BCUT2D eigenvalue weighted by atomic mass is 16.1. The zero-order chi connectivity index (χ0) is 9.64. The van der Waals surface area contributed by atoms with Gasteiger partial charge in [-0.25, -0.2) is 0 Å². The van der Waals surface area contributed by atoms with Crippen LogP contribution in [0, 0.1) is 11.3 Å². The monoisotopic (exact) mass is 181 g/mol. The Morgan fingerprint density at radius 3 is 2.31 bits per heavy atom. The van der Waals surface area contributed by atoms with Gasteiger partial charge in [-0.2, -0.15) is 0 Å². The SMILES string of the molecule is CC(C)(C)C(=O)C1CC2CCC2N1. The van der Waals surface area contributed by atoms with Gasteiger partial charge in [0.25, 0.3) is 0 Å². The number of carbonyl (C=O) groups excluding carboxylic acids is 1. The number of carbonyl (C=O) groups is 1. The fraction of sp³-hybridized carbons (Fsp3) is 0.909. The molecule has 1 aliphatic heterocycles. The van der Waals surface area contributed by atoms with Gasteiger partial charge in [-0.3, -0.25) is 4.79 Å². The van der Waals surface area contributed by atoms with E-state index >= 15 is 0 Å². The molecule has 1 heterocycles. The molecule has 3 unspecified atom stereocenters. The van der Waals surface area contributed by atoms with Crippen LogP contribution >= 0.6 is 0 Å². The van der Waals surface area contributed by atoms with E-state index in [1.807, 2.05) is 20.8 Å². The fourth-order valence-electron chi connectivity index (χ4n) is 2.41. The largest absolute Gasteiger partial charge is 0.304 e. The van der Waals surface area contributed by atoms with Gasteiger partial charge in [0.05, 0.1) is 6.04 Å². The average molecular weight is 181 g/mol. The van der Waals surface area contributed by atoms with E-state index in [1.54, 1.807) is 0 Å². The van der Waals surface area contributed by atoms with Crippen LogP contribution in [0.1, 0.15) is 40.0 Å². The van der Waals surface area contributed by atoms with Crippen LogP contribution < -0.4 is 5.32 Å². The number of ketones is 1. The second-order valence-corrected chi connectivity index (χ2v) is 5.51. The summed E-state index contributed by atoms with van der Waals surface area (Å²) >= 11 is 0. The first-order valence-corrected chi connectivity index (χ1v) is 5.29. The van der Waals surface area contributed by atoms with Gasteiger partial charge in [-0.05, 0) is 25.2 Å². The van der Waals surface area contributed by atoms with Crippen molar-refractivity contribution in [1.82, 2.24) is 5.32 Å². The van der Waals surface area contributed by atoms with Crippen molar-refractivity contribution in [2.75, 3.05) is 0 Å². The van der Waals surface area contributed by atoms with Gasteiger partial charge in [0.2, 0.25) is 0 Å².